The molecule has 3 amide bonds. The fourth-order valence-electron chi connectivity index (χ4n) is 2.76. The minimum atomic E-state index is -0.504. The third-order valence-corrected chi connectivity index (χ3v) is 4.28. The molecule has 0 radical (unpaired) electrons. The SMILES string of the molecule is COc1cc(C(=O)NCC(=O)NCCc2cccc(C(N)=O)c2)cc(OC)c1OC. The van der Waals surface area contributed by atoms with E-state index >= 15 is 0 Å². The summed E-state index contributed by atoms with van der Waals surface area (Å²) in [5.41, 5.74) is 6.80. The summed E-state index contributed by atoms with van der Waals surface area (Å²) in [6, 6.07) is 9.88. The molecule has 4 N–H and O–H groups in total. The Bertz CT molecular complexity index is 904. The van der Waals surface area contributed by atoms with E-state index in [9.17, 15) is 14.4 Å². The van der Waals surface area contributed by atoms with Crippen LogP contribution < -0.4 is 30.6 Å². The van der Waals surface area contributed by atoms with Gasteiger partial charge in [0.1, 0.15) is 0 Å². The highest BCUT2D eigenvalue weighted by atomic mass is 16.5. The van der Waals surface area contributed by atoms with Gasteiger partial charge in [-0.3, -0.25) is 14.4 Å². The lowest BCUT2D eigenvalue weighted by Gasteiger charge is -2.14. The van der Waals surface area contributed by atoms with Crippen LogP contribution in [0.4, 0.5) is 0 Å². The summed E-state index contributed by atoms with van der Waals surface area (Å²) in [4.78, 5) is 35.6. The van der Waals surface area contributed by atoms with Crippen LogP contribution in [0, 0.1) is 0 Å². The van der Waals surface area contributed by atoms with Crippen LogP contribution in [-0.4, -0.2) is 52.1 Å². The molecule has 0 bridgehead atoms. The van der Waals surface area contributed by atoms with Crippen molar-refractivity contribution < 1.29 is 28.6 Å². The van der Waals surface area contributed by atoms with E-state index in [4.69, 9.17) is 19.9 Å². The van der Waals surface area contributed by atoms with Crippen LogP contribution in [0.2, 0.25) is 0 Å². The molecule has 0 aliphatic rings. The van der Waals surface area contributed by atoms with Gasteiger partial charge in [-0.25, -0.2) is 0 Å². The van der Waals surface area contributed by atoms with E-state index in [1.54, 1.807) is 18.2 Å². The average Bonchev–Trinajstić information content (AvgIpc) is 2.76. The number of hydrogen-bond donors (Lipinski definition) is 3. The molecule has 30 heavy (non-hydrogen) atoms. The van der Waals surface area contributed by atoms with Crippen LogP contribution in [0.25, 0.3) is 0 Å². The lowest BCUT2D eigenvalue weighted by molar-refractivity contribution is -0.120. The Morgan fingerprint density at radius 1 is 0.900 bits per heavy atom. The molecule has 0 saturated heterocycles. The van der Waals surface area contributed by atoms with E-state index < -0.39 is 11.8 Å². The van der Waals surface area contributed by atoms with Gasteiger partial charge >= 0.3 is 0 Å². The topological polar surface area (TPSA) is 129 Å². The molecule has 0 saturated carbocycles. The lowest BCUT2D eigenvalue weighted by atomic mass is 10.1. The largest absolute Gasteiger partial charge is 0.493 e. The van der Waals surface area contributed by atoms with Crippen molar-refractivity contribution in [1.29, 1.82) is 0 Å². The number of ether oxygens (including phenoxy) is 3. The van der Waals surface area contributed by atoms with Crippen molar-refractivity contribution in [3.63, 3.8) is 0 Å². The minimum absolute atomic E-state index is 0.198. The van der Waals surface area contributed by atoms with Gasteiger partial charge in [-0.15, -0.1) is 0 Å². The third kappa shape index (κ3) is 5.87. The van der Waals surface area contributed by atoms with Gasteiger partial charge in [-0.1, -0.05) is 12.1 Å². The first-order valence-electron chi connectivity index (χ1n) is 9.13. The number of rotatable bonds is 10. The Labute approximate surface area is 174 Å². The van der Waals surface area contributed by atoms with Crippen LogP contribution in [0.3, 0.4) is 0 Å². The lowest BCUT2D eigenvalue weighted by Crippen LogP contribution is -2.37. The van der Waals surface area contributed by atoms with Gasteiger partial charge in [0.2, 0.25) is 17.6 Å². The summed E-state index contributed by atoms with van der Waals surface area (Å²) in [6.07, 6.45) is 0.522. The summed E-state index contributed by atoms with van der Waals surface area (Å²) in [5.74, 6) is -0.264. The molecule has 0 atom stereocenters. The molecule has 9 nitrogen and oxygen atoms in total. The van der Waals surface area contributed by atoms with Crippen molar-refractivity contribution in [2.75, 3.05) is 34.4 Å². The van der Waals surface area contributed by atoms with Gasteiger partial charge in [0.15, 0.2) is 11.5 Å². The minimum Gasteiger partial charge on any atom is -0.493 e. The second-order valence-electron chi connectivity index (χ2n) is 6.26. The van der Waals surface area contributed by atoms with E-state index in [0.29, 0.717) is 35.8 Å². The molecule has 0 aliphatic heterocycles. The number of nitrogens with one attached hydrogen (secondary N) is 2. The maximum absolute atomic E-state index is 12.4. The summed E-state index contributed by atoms with van der Waals surface area (Å²) >= 11 is 0. The van der Waals surface area contributed by atoms with Crippen LogP contribution in [-0.2, 0) is 11.2 Å². The summed E-state index contributed by atoms with van der Waals surface area (Å²) < 4.78 is 15.7. The molecule has 0 fully saturated rings. The van der Waals surface area contributed by atoms with Crippen molar-refractivity contribution in [3.05, 3.63) is 53.1 Å². The Kier molecular flexibility index (Phi) is 8.04. The summed E-state index contributed by atoms with van der Waals surface area (Å²) in [7, 11) is 4.37. The van der Waals surface area contributed by atoms with Crippen molar-refractivity contribution in [3.8, 4) is 17.2 Å². The second kappa shape index (κ2) is 10.7. The molecule has 0 aromatic heterocycles. The first-order chi connectivity index (χ1) is 14.4. The van der Waals surface area contributed by atoms with E-state index in [1.807, 2.05) is 6.07 Å². The Morgan fingerprint density at radius 2 is 1.57 bits per heavy atom. The maximum atomic E-state index is 12.4. The molecule has 160 valence electrons. The number of primary amides is 1. The van der Waals surface area contributed by atoms with Gasteiger partial charge in [-0.2, -0.15) is 0 Å². The van der Waals surface area contributed by atoms with Gasteiger partial charge < -0.3 is 30.6 Å². The van der Waals surface area contributed by atoms with Crippen molar-refractivity contribution in [2.45, 2.75) is 6.42 Å². The van der Waals surface area contributed by atoms with Crippen LogP contribution in [0.15, 0.2) is 36.4 Å². The molecule has 0 aliphatic carbocycles. The molecular weight excluding hydrogens is 390 g/mol. The van der Waals surface area contributed by atoms with Crippen molar-refractivity contribution in [2.24, 2.45) is 5.73 Å². The third-order valence-electron chi connectivity index (χ3n) is 4.28. The zero-order valence-corrected chi connectivity index (χ0v) is 17.1. The maximum Gasteiger partial charge on any atom is 0.251 e. The van der Waals surface area contributed by atoms with Gasteiger partial charge in [0.05, 0.1) is 27.9 Å². The Morgan fingerprint density at radius 3 is 2.13 bits per heavy atom. The molecule has 2 aromatic carbocycles. The molecule has 0 heterocycles. The molecule has 2 aromatic rings. The highest BCUT2D eigenvalue weighted by molar-refractivity contribution is 5.97. The number of hydrogen-bond acceptors (Lipinski definition) is 6. The quantitative estimate of drug-likeness (QED) is 0.529. The standard InChI is InChI=1S/C21H25N3O6/c1-28-16-10-15(11-17(29-2)19(16)30-3)21(27)24-12-18(25)23-8-7-13-5-4-6-14(9-13)20(22)26/h4-6,9-11H,7-8,12H2,1-3H3,(H2,22,26)(H,23,25)(H,24,27). The molecular formula is C21H25N3O6. The average molecular weight is 415 g/mol. The Hall–Kier alpha value is -3.75. The first kappa shape index (κ1) is 22.5. The smallest absolute Gasteiger partial charge is 0.251 e. The molecule has 0 spiro atoms. The first-order valence-corrected chi connectivity index (χ1v) is 9.13. The van der Waals surface area contributed by atoms with E-state index in [2.05, 4.69) is 10.6 Å². The number of carbonyl (C=O) groups is 3. The molecule has 0 unspecified atom stereocenters. The number of benzene rings is 2. The number of methoxy groups -OCH3 is 3. The molecule has 9 heteroatoms. The highest BCUT2D eigenvalue weighted by Gasteiger charge is 2.17. The zero-order valence-electron chi connectivity index (χ0n) is 17.1. The van der Waals surface area contributed by atoms with E-state index in [-0.39, 0.29) is 18.0 Å². The van der Waals surface area contributed by atoms with Gasteiger partial charge in [-0.05, 0) is 36.2 Å². The molecule has 2 rings (SSSR count). The fourth-order valence-corrected chi connectivity index (χ4v) is 2.76. The van der Waals surface area contributed by atoms with Crippen molar-refractivity contribution in [1.82, 2.24) is 10.6 Å². The monoisotopic (exact) mass is 415 g/mol. The van der Waals surface area contributed by atoms with Crippen LogP contribution in [0.5, 0.6) is 17.2 Å². The van der Waals surface area contributed by atoms with Gasteiger partial charge in [0.25, 0.3) is 5.91 Å². The Balaban J connectivity index is 1.88. The van der Waals surface area contributed by atoms with Crippen molar-refractivity contribution >= 4 is 17.7 Å². The second-order valence-corrected chi connectivity index (χ2v) is 6.26. The normalized spacial score (nSPS) is 10.1. The highest BCUT2D eigenvalue weighted by Crippen LogP contribution is 2.38. The van der Waals surface area contributed by atoms with Gasteiger partial charge in [0, 0.05) is 17.7 Å². The number of carbonyl (C=O) groups excluding carboxylic acids is 3. The van der Waals surface area contributed by atoms with Crippen LogP contribution >= 0.6 is 0 Å². The predicted octanol–water partition coefficient (Wildman–Crippen LogP) is 0.900. The van der Waals surface area contributed by atoms with Crippen LogP contribution in [0.1, 0.15) is 26.3 Å². The number of nitrogens with two attached hydrogens (primary N) is 1. The van der Waals surface area contributed by atoms with E-state index in [1.165, 1.54) is 33.5 Å². The summed E-state index contributed by atoms with van der Waals surface area (Å²) in [6.45, 7) is 0.151. The predicted molar refractivity (Wildman–Crippen MR) is 110 cm³/mol. The van der Waals surface area contributed by atoms with E-state index in [0.717, 1.165) is 5.56 Å². The number of amides is 3. The summed E-state index contributed by atoms with van der Waals surface area (Å²) in [5, 5.41) is 5.26. The fraction of sp³-hybridized carbons (Fsp3) is 0.286. The zero-order chi connectivity index (χ0) is 22.1.